The van der Waals surface area contributed by atoms with E-state index in [1.54, 1.807) is 18.2 Å². The van der Waals surface area contributed by atoms with Crippen LogP contribution in [0.5, 0.6) is 0 Å². The van der Waals surface area contributed by atoms with Crippen LogP contribution in [0.25, 0.3) is 0 Å². The monoisotopic (exact) mass is 373 g/mol. The zero-order chi connectivity index (χ0) is 18.4. The molecule has 2 N–H and O–H groups in total. The van der Waals surface area contributed by atoms with Gasteiger partial charge in [0.1, 0.15) is 11.6 Å². The van der Waals surface area contributed by atoms with Crippen molar-refractivity contribution in [1.82, 2.24) is 0 Å². The van der Waals surface area contributed by atoms with Crippen molar-refractivity contribution in [3.05, 3.63) is 69.3 Å². The van der Waals surface area contributed by atoms with Crippen LogP contribution >= 0.6 is 23.2 Å². The SMILES string of the molecule is CCc1cccc(C)c1NC(=O)/C(C#N)=C\Nc1c(Cl)cccc1Cl. The molecule has 0 spiro atoms. The number of hydrogen-bond donors (Lipinski definition) is 2. The first-order valence-electron chi connectivity index (χ1n) is 7.68. The maximum Gasteiger partial charge on any atom is 0.267 e. The molecule has 6 heteroatoms. The molecule has 0 unspecified atom stereocenters. The van der Waals surface area contributed by atoms with Crippen LogP contribution in [-0.4, -0.2) is 5.91 Å². The summed E-state index contributed by atoms with van der Waals surface area (Å²) in [5.41, 5.74) is 3.03. The number of para-hydroxylation sites is 2. The zero-order valence-electron chi connectivity index (χ0n) is 13.9. The van der Waals surface area contributed by atoms with E-state index >= 15 is 0 Å². The van der Waals surface area contributed by atoms with Crippen molar-refractivity contribution < 1.29 is 4.79 Å². The van der Waals surface area contributed by atoms with Crippen molar-refractivity contribution in [2.45, 2.75) is 20.3 Å². The lowest BCUT2D eigenvalue weighted by Gasteiger charge is -2.13. The quantitative estimate of drug-likeness (QED) is 0.550. The second-order valence-electron chi connectivity index (χ2n) is 5.33. The Balaban J connectivity index is 2.24. The number of nitrogens with one attached hydrogen (secondary N) is 2. The number of nitriles is 1. The summed E-state index contributed by atoms with van der Waals surface area (Å²) in [5, 5.41) is 15.7. The van der Waals surface area contributed by atoms with Crippen LogP contribution in [0, 0.1) is 18.3 Å². The third-order valence-corrected chi connectivity index (χ3v) is 4.30. The normalized spacial score (nSPS) is 10.9. The molecular weight excluding hydrogens is 357 g/mol. The highest BCUT2D eigenvalue weighted by Crippen LogP contribution is 2.30. The minimum absolute atomic E-state index is 0.0821. The second-order valence-corrected chi connectivity index (χ2v) is 6.14. The van der Waals surface area contributed by atoms with Crippen LogP contribution in [0.1, 0.15) is 18.1 Å². The Hall–Kier alpha value is -2.48. The largest absolute Gasteiger partial charge is 0.358 e. The standard InChI is InChI=1S/C19H17Cl2N3O/c1-3-13-7-4-6-12(2)17(13)24-19(25)14(10-22)11-23-18-15(20)8-5-9-16(18)21/h4-9,11,23H,3H2,1-2H3,(H,24,25)/b14-11-. The molecule has 4 nitrogen and oxygen atoms in total. The smallest absolute Gasteiger partial charge is 0.267 e. The van der Waals surface area contributed by atoms with Gasteiger partial charge in [0.2, 0.25) is 0 Å². The Morgan fingerprint density at radius 2 is 1.80 bits per heavy atom. The van der Waals surface area contributed by atoms with Gasteiger partial charge in [0.25, 0.3) is 5.91 Å². The van der Waals surface area contributed by atoms with Crippen LogP contribution in [0.4, 0.5) is 11.4 Å². The summed E-state index contributed by atoms with van der Waals surface area (Å²) >= 11 is 12.1. The zero-order valence-corrected chi connectivity index (χ0v) is 15.4. The molecule has 2 aromatic carbocycles. The minimum Gasteiger partial charge on any atom is -0.358 e. The predicted octanol–water partition coefficient (Wildman–Crippen LogP) is 5.32. The fourth-order valence-corrected chi connectivity index (χ4v) is 2.82. The molecule has 128 valence electrons. The fraction of sp³-hybridized carbons (Fsp3) is 0.158. The van der Waals surface area contributed by atoms with Gasteiger partial charge in [-0.15, -0.1) is 0 Å². The number of carbonyl (C=O) groups is 1. The van der Waals surface area contributed by atoms with Gasteiger partial charge in [-0.05, 0) is 36.6 Å². The molecule has 0 radical (unpaired) electrons. The van der Waals surface area contributed by atoms with Gasteiger partial charge in [0.05, 0.1) is 15.7 Å². The first-order chi connectivity index (χ1) is 12.0. The lowest BCUT2D eigenvalue weighted by Crippen LogP contribution is -2.16. The highest BCUT2D eigenvalue weighted by atomic mass is 35.5. The molecule has 0 aromatic heterocycles. The van der Waals surface area contributed by atoms with Crippen molar-refractivity contribution in [2.75, 3.05) is 10.6 Å². The number of hydrogen-bond acceptors (Lipinski definition) is 3. The molecule has 0 atom stereocenters. The summed E-state index contributed by atoms with van der Waals surface area (Å²) < 4.78 is 0. The third kappa shape index (κ3) is 4.54. The van der Waals surface area contributed by atoms with Gasteiger partial charge in [-0.3, -0.25) is 4.79 Å². The Morgan fingerprint density at radius 1 is 1.16 bits per heavy atom. The van der Waals surface area contributed by atoms with E-state index in [2.05, 4.69) is 10.6 Å². The van der Waals surface area contributed by atoms with Crippen LogP contribution in [0.2, 0.25) is 10.0 Å². The van der Waals surface area contributed by atoms with Gasteiger partial charge in [0, 0.05) is 11.9 Å². The molecule has 2 rings (SSSR count). The van der Waals surface area contributed by atoms with E-state index in [9.17, 15) is 10.1 Å². The number of anilines is 2. The van der Waals surface area contributed by atoms with Crippen molar-refractivity contribution in [1.29, 1.82) is 5.26 Å². The van der Waals surface area contributed by atoms with Gasteiger partial charge < -0.3 is 10.6 Å². The molecule has 0 aliphatic heterocycles. The molecule has 2 aromatic rings. The van der Waals surface area contributed by atoms with Gasteiger partial charge in [-0.2, -0.15) is 5.26 Å². The Labute approximate surface area is 157 Å². The lowest BCUT2D eigenvalue weighted by molar-refractivity contribution is -0.112. The number of aryl methyl sites for hydroxylation is 2. The lowest BCUT2D eigenvalue weighted by atomic mass is 10.1. The maximum absolute atomic E-state index is 12.4. The predicted molar refractivity (Wildman–Crippen MR) is 103 cm³/mol. The Morgan fingerprint density at radius 3 is 2.40 bits per heavy atom. The van der Waals surface area contributed by atoms with Crippen LogP contribution in [0.3, 0.4) is 0 Å². The molecule has 1 amide bonds. The summed E-state index contributed by atoms with van der Waals surface area (Å²) in [5.74, 6) is -0.498. The van der Waals surface area contributed by atoms with Crippen molar-refractivity contribution in [3.63, 3.8) is 0 Å². The third-order valence-electron chi connectivity index (χ3n) is 3.67. The Bertz CT molecular complexity index is 849. The molecule has 0 bridgehead atoms. The van der Waals surface area contributed by atoms with Gasteiger partial charge in [-0.25, -0.2) is 0 Å². The van der Waals surface area contributed by atoms with E-state index in [0.717, 1.165) is 23.2 Å². The molecule has 0 aliphatic rings. The number of benzene rings is 2. The summed E-state index contributed by atoms with van der Waals surface area (Å²) in [6.07, 6.45) is 2.07. The number of halogens is 2. The van der Waals surface area contributed by atoms with Gasteiger partial charge in [0.15, 0.2) is 0 Å². The van der Waals surface area contributed by atoms with Crippen LogP contribution in [0.15, 0.2) is 48.2 Å². The Kier molecular flexibility index (Phi) is 6.46. The fourth-order valence-electron chi connectivity index (χ4n) is 2.31. The van der Waals surface area contributed by atoms with Crippen LogP contribution < -0.4 is 10.6 Å². The second kappa shape index (κ2) is 8.57. The number of nitrogens with zero attached hydrogens (tertiary/aromatic N) is 1. The van der Waals surface area contributed by atoms with Gasteiger partial charge in [-0.1, -0.05) is 54.4 Å². The molecule has 25 heavy (non-hydrogen) atoms. The summed E-state index contributed by atoms with van der Waals surface area (Å²) in [6.45, 7) is 3.92. The van der Waals surface area contributed by atoms with E-state index in [0.29, 0.717) is 15.7 Å². The number of carbonyl (C=O) groups excluding carboxylic acids is 1. The summed E-state index contributed by atoms with van der Waals surface area (Å²) in [6, 6.07) is 12.7. The molecule has 0 aliphatic carbocycles. The summed E-state index contributed by atoms with van der Waals surface area (Å²) in [4.78, 5) is 12.4. The minimum atomic E-state index is -0.498. The highest BCUT2D eigenvalue weighted by molar-refractivity contribution is 6.39. The highest BCUT2D eigenvalue weighted by Gasteiger charge is 2.13. The van der Waals surface area contributed by atoms with Crippen molar-refractivity contribution in [3.8, 4) is 6.07 Å². The van der Waals surface area contributed by atoms with E-state index in [-0.39, 0.29) is 5.57 Å². The number of amides is 1. The van der Waals surface area contributed by atoms with E-state index < -0.39 is 5.91 Å². The average Bonchev–Trinajstić information content (AvgIpc) is 2.59. The molecule has 0 saturated carbocycles. The van der Waals surface area contributed by atoms with Crippen LogP contribution in [-0.2, 0) is 11.2 Å². The van der Waals surface area contributed by atoms with E-state index in [1.165, 1.54) is 6.20 Å². The summed E-state index contributed by atoms with van der Waals surface area (Å²) in [7, 11) is 0. The van der Waals surface area contributed by atoms with Crippen molar-refractivity contribution >= 4 is 40.5 Å². The van der Waals surface area contributed by atoms with Crippen molar-refractivity contribution in [2.24, 2.45) is 0 Å². The van der Waals surface area contributed by atoms with E-state index in [1.807, 2.05) is 38.1 Å². The van der Waals surface area contributed by atoms with E-state index in [4.69, 9.17) is 23.2 Å². The molecule has 0 heterocycles. The maximum atomic E-state index is 12.4. The molecular formula is C19H17Cl2N3O. The van der Waals surface area contributed by atoms with Gasteiger partial charge >= 0.3 is 0 Å². The number of rotatable bonds is 5. The first kappa shape index (κ1) is 18.9. The average molecular weight is 374 g/mol. The first-order valence-corrected chi connectivity index (χ1v) is 8.44. The molecule has 0 saturated heterocycles. The topological polar surface area (TPSA) is 64.9 Å². The molecule has 0 fully saturated rings.